The molecule has 0 spiro atoms. The highest BCUT2D eigenvalue weighted by molar-refractivity contribution is 5.80. The second-order valence-electron chi connectivity index (χ2n) is 8.70. The molecular weight excluding hydrogens is 378 g/mol. The molecule has 166 valence electrons. The van der Waals surface area contributed by atoms with Gasteiger partial charge in [0, 0.05) is 51.5 Å². The molecule has 3 fully saturated rings. The Balaban J connectivity index is 1.33. The number of hydrogen-bond donors (Lipinski definition) is 2. The zero-order valence-electron chi connectivity index (χ0n) is 18.5. The van der Waals surface area contributed by atoms with Crippen LogP contribution in [0, 0.1) is 0 Å². The monoisotopic (exact) mass is 415 g/mol. The van der Waals surface area contributed by atoms with Crippen LogP contribution >= 0.6 is 0 Å². The lowest BCUT2D eigenvalue weighted by atomic mass is 9.88. The minimum atomic E-state index is 0.200. The zero-order chi connectivity index (χ0) is 20.8. The maximum atomic E-state index is 5.68. The quantitative estimate of drug-likeness (QED) is 0.548. The average Bonchev–Trinajstić information content (AvgIpc) is 3.50. The summed E-state index contributed by atoms with van der Waals surface area (Å²) in [5.41, 5.74) is 1.37. The number of anilines is 1. The summed E-state index contributed by atoms with van der Waals surface area (Å²) < 4.78 is 11.2. The Labute approximate surface area is 180 Å². The van der Waals surface area contributed by atoms with Crippen molar-refractivity contribution in [3.63, 3.8) is 0 Å². The van der Waals surface area contributed by atoms with Gasteiger partial charge in [0.2, 0.25) is 0 Å². The van der Waals surface area contributed by atoms with E-state index in [2.05, 4.69) is 37.6 Å². The lowest BCUT2D eigenvalue weighted by Crippen LogP contribution is -2.59. The van der Waals surface area contributed by atoms with E-state index >= 15 is 0 Å². The molecule has 7 heteroatoms. The van der Waals surface area contributed by atoms with Gasteiger partial charge in [-0.25, -0.2) is 0 Å². The Kier molecular flexibility index (Phi) is 7.00. The SMILES string of the molecule is CN=C(NCC1(N2CCCC2)CCOCC1)NC1CCN(c2ccccc2OC)C1. The number of likely N-dealkylation sites (tertiary alicyclic amines) is 1. The van der Waals surface area contributed by atoms with Crippen LogP contribution in [-0.2, 0) is 4.74 Å². The van der Waals surface area contributed by atoms with Crippen molar-refractivity contribution in [2.75, 3.05) is 65.0 Å². The highest BCUT2D eigenvalue weighted by Gasteiger charge is 2.39. The van der Waals surface area contributed by atoms with E-state index in [4.69, 9.17) is 9.47 Å². The summed E-state index contributed by atoms with van der Waals surface area (Å²) in [4.78, 5) is 9.61. The second kappa shape index (κ2) is 9.88. The molecule has 0 aromatic heterocycles. The second-order valence-corrected chi connectivity index (χ2v) is 8.70. The van der Waals surface area contributed by atoms with Gasteiger partial charge in [-0.2, -0.15) is 0 Å². The van der Waals surface area contributed by atoms with Crippen LogP contribution in [0.15, 0.2) is 29.3 Å². The van der Waals surface area contributed by atoms with Crippen LogP contribution in [0.3, 0.4) is 0 Å². The van der Waals surface area contributed by atoms with E-state index in [1.165, 1.54) is 31.6 Å². The Morgan fingerprint density at radius 1 is 1.20 bits per heavy atom. The van der Waals surface area contributed by atoms with E-state index in [0.29, 0.717) is 6.04 Å². The molecule has 3 heterocycles. The molecule has 1 aromatic rings. The molecule has 0 saturated carbocycles. The minimum Gasteiger partial charge on any atom is -0.495 e. The predicted octanol–water partition coefficient (Wildman–Crippen LogP) is 2.08. The van der Waals surface area contributed by atoms with Crippen molar-refractivity contribution in [3.8, 4) is 5.75 Å². The molecule has 0 aliphatic carbocycles. The van der Waals surface area contributed by atoms with Crippen molar-refractivity contribution in [2.24, 2.45) is 4.99 Å². The van der Waals surface area contributed by atoms with Gasteiger partial charge in [0.05, 0.1) is 12.8 Å². The molecule has 3 saturated heterocycles. The van der Waals surface area contributed by atoms with Gasteiger partial charge in [-0.05, 0) is 57.3 Å². The Hall–Kier alpha value is -1.99. The third kappa shape index (κ3) is 4.67. The van der Waals surface area contributed by atoms with Crippen LogP contribution in [0.25, 0.3) is 0 Å². The fraction of sp³-hybridized carbons (Fsp3) is 0.696. The van der Waals surface area contributed by atoms with Gasteiger partial charge in [-0.3, -0.25) is 9.89 Å². The van der Waals surface area contributed by atoms with E-state index in [1.807, 2.05) is 19.2 Å². The van der Waals surface area contributed by atoms with Gasteiger partial charge in [0.1, 0.15) is 5.75 Å². The van der Waals surface area contributed by atoms with E-state index in [-0.39, 0.29) is 5.54 Å². The molecule has 0 bridgehead atoms. The number of nitrogens with zero attached hydrogens (tertiary/aromatic N) is 3. The lowest BCUT2D eigenvalue weighted by molar-refractivity contribution is -0.0164. The summed E-state index contributed by atoms with van der Waals surface area (Å²) in [6.45, 7) is 7.05. The smallest absolute Gasteiger partial charge is 0.191 e. The Bertz CT molecular complexity index is 713. The number of methoxy groups -OCH3 is 1. The standard InChI is InChI=1S/C23H37N5O2/c1-24-22(25-18-23(10-15-30-16-11-23)28-12-5-6-13-28)26-19-9-14-27(17-19)20-7-3-4-8-21(20)29-2/h3-4,7-8,19H,5-6,9-18H2,1-2H3,(H2,24,25,26). The molecule has 0 radical (unpaired) electrons. The Morgan fingerprint density at radius 3 is 2.70 bits per heavy atom. The van der Waals surface area contributed by atoms with Gasteiger partial charge < -0.3 is 25.0 Å². The minimum absolute atomic E-state index is 0.200. The number of benzene rings is 1. The summed E-state index contributed by atoms with van der Waals surface area (Å²) >= 11 is 0. The van der Waals surface area contributed by atoms with Crippen molar-refractivity contribution >= 4 is 11.6 Å². The van der Waals surface area contributed by atoms with Gasteiger partial charge in [-0.1, -0.05) is 12.1 Å². The number of para-hydroxylation sites is 2. The molecule has 0 amide bonds. The maximum Gasteiger partial charge on any atom is 0.191 e. The highest BCUT2D eigenvalue weighted by Crippen LogP contribution is 2.31. The van der Waals surface area contributed by atoms with E-state index in [1.54, 1.807) is 7.11 Å². The van der Waals surface area contributed by atoms with Crippen molar-refractivity contribution in [1.29, 1.82) is 0 Å². The van der Waals surface area contributed by atoms with Crippen LogP contribution in [0.5, 0.6) is 5.75 Å². The average molecular weight is 416 g/mol. The number of hydrogen-bond acceptors (Lipinski definition) is 5. The molecule has 3 aliphatic heterocycles. The fourth-order valence-corrected chi connectivity index (χ4v) is 5.17. The summed E-state index contributed by atoms with van der Waals surface area (Å²) in [6, 6.07) is 8.64. The van der Waals surface area contributed by atoms with Gasteiger partial charge in [0.25, 0.3) is 0 Å². The first-order valence-electron chi connectivity index (χ1n) is 11.4. The predicted molar refractivity (Wildman–Crippen MR) is 122 cm³/mol. The van der Waals surface area contributed by atoms with Crippen molar-refractivity contribution in [2.45, 2.75) is 43.7 Å². The van der Waals surface area contributed by atoms with Crippen molar-refractivity contribution < 1.29 is 9.47 Å². The summed E-state index contributed by atoms with van der Waals surface area (Å²) in [5.74, 6) is 1.85. The first-order chi connectivity index (χ1) is 14.7. The maximum absolute atomic E-state index is 5.68. The first kappa shape index (κ1) is 21.2. The van der Waals surface area contributed by atoms with Crippen LogP contribution < -0.4 is 20.3 Å². The number of nitrogens with one attached hydrogen (secondary N) is 2. The summed E-state index contributed by atoms with van der Waals surface area (Å²) in [6.07, 6.45) is 5.92. The van der Waals surface area contributed by atoms with E-state index in [0.717, 1.165) is 63.8 Å². The van der Waals surface area contributed by atoms with Crippen LogP contribution in [0.2, 0.25) is 0 Å². The largest absolute Gasteiger partial charge is 0.495 e. The van der Waals surface area contributed by atoms with Crippen LogP contribution in [0.4, 0.5) is 5.69 Å². The molecular formula is C23H37N5O2. The first-order valence-corrected chi connectivity index (χ1v) is 11.4. The molecule has 7 nitrogen and oxygen atoms in total. The fourth-order valence-electron chi connectivity index (χ4n) is 5.17. The third-order valence-electron chi connectivity index (χ3n) is 6.96. The molecule has 2 N–H and O–H groups in total. The van der Waals surface area contributed by atoms with E-state index < -0.39 is 0 Å². The number of guanidine groups is 1. The van der Waals surface area contributed by atoms with Gasteiger partial charge in [0.15, 0.2) is 5.96 Å². The molecule has 1 atom stereocenters. The van der Waals surface area contributed by atoms with Crippen LogP contribution in [-0.4, -0.2) is 82.5 Å². The molecule has 1 aromatic carbocycles. The number of aliphatic imine (C=N–C) groups is 1. The number of ether oxygens (including phenoxy) is 2. The van der Waals surface area contributed by atoms with Crippen LogP contribution in [0.1, 0.15) is 32.1 Å². The zero-order valence-corrected chi connectivity index (χ0v) is 18.5. The third-order valence-corrected chi connectivity index (χ3v) is 6.96. The Morgan fingerprint density at radius 2 is 1.97 bits per heavy atom. The summed E-state index contributed by atoms with van der Waals surface area (Å²) in [7, 11) is 3.61. The molecule has 4 rings (SSSR count). The van der Waals surface area contributed by atoms with E-state index in [9.17, 15) is 0 Å². The highest BCUT2D eigenvalue weighted by atomic mass is 16.5. The van der Waals surface area contributed by atoms with Crippen molar-refractivity contribution in [1.82, 2.24) is 15.5 Å². The van der Waals surface area contributed by atoms with Gasteiger partial charge in [-0.15, -0.1) is 0 Å². The topological polar surface area (TPSA) is 61.4 Å². The van der Waals surface area contributed by atoms with Gasteiger partial charge >= 0.3 is 0 Å². The lowest BCUT2D eigenvalue weighted by Gasteiger charge is -2.45. The van der Waals surface area contributed by atoms with Crippen molar-refractivity contribution in [3.05, 3.63) is 24.3 Å². The normalized spacial score (nSPS) is 24.8. The molecule has 3 aliphatic rings. The summed E-state index contributed by atoms with van der Waals surface area (Å²) in [5, 5.41) is 7.32. The molecule has 30 heavy (non-hydrogen) atoms. The molecule has 1 unspecified atom stereocenters. The number of rotatable bonds is 6.